The van der Waals surface area contributed by atoms with E-state index in [-0.39, 0.29) is 144 Å². The molecule has 4 aliphatic heterocycles. The summed E-state index contributed by atoms with van der Waals surface area (Å²) in [4.78, 5) is 109. The molecule has 9 rings (SSSR count). The Morgan fingerprint density at radius 3 is 1.42 bits per heavy atom. The van der Waals surface area contributed by atoms with Gasteiger partial charge in [-0.2, -0.15) is 0 Å². The largest absolute Gasteiger partial charge is 0.481 e. The third-order valence-corrected chi connectivity index (χ3v) is 10.8. The van der Waals surface area contributed by atoms with E-state index in [4.69, 9.17) is 35.6 Å². The number of nitrogens with zero attached hydrogens (tertiary/aromatic N) is 8. The maximum Gasteiger partial charge on any atom is 0.335 e. The maximum absolute atomic E-state index is 13.6. The summed E-state index contributed by atoms with van der Waals surface area (Å²) < 4.78 is 0. The van der Waals surface area contributed by atoms with Gasteiger partial charge in [0.25, 0.3) is 5.91 Å². The molecule has 3 atom stereocenters. The number of hydrogen-bond donors (Lipinski definition) is 7. The minimum atomic E-state index is -1.31. The van der Waals surface area contributed by atoms with Crippen LogP contribution < -0.4 is 11.1 Å². The van der Waals surface area contributed by atoms with Crippen LogP contribution in [0.5, 0.6) is 0 Å². The highest BCUT2D eigenvalue weighted by Gasteiger charge is 2.28. The second kappa shape index (κ2) is 18.5. The summed E-state index contributed by atoms with van der Waals surface area (Å²) in [5, 5.41) is 54.0. The highest BCUT2D eigenvalue weighted by Crippen LogP contribution is 2.29. The smallest absolute Gasteiger partial charge is 0.335 e. The Bertz CT molecular complexity index is 2940. The molecular formula is C45H40N10O11. The van der Waals surface area contributed by atoms with Gasteiger partial charge in [0.2, 0.25) is 0 Å². The van der Waals surface area contributed by atoms with Crippen molar-refractivity contribution in [2.45, 2.75) is 45.6 Å². The summed E-state index contributed by atoms with van der Waals surface area (Å²) in [5.74, 6) is -7.82. The highest BCUT2D eigenvalue weighted by molar-refractivity contribution is 6.03. The molecule has 336 valence electrons. The number of rotatable bonds is 9. The topological polar surface area (TPSA) is 325 Å². The van der Waals surface area contributed by atoms with E-state index in [9.17, 15) is 54.3 Å². The predicted octanol–water partition coefficient (Wildman–Crippen LogP) is 2.71. The summed E-state index contributed by atoms with van der Waals surface area (Å²) in [6.07, 6.45) is 0.939. The van der Waals surface area contributed by atoms with Crippen molar-refractivity contribution in [3.63, 3.8) is 0 Å². The molecule has 0 aliphatic carbocycles. The number of carbonyl (C=O) groups is 6. The van der Waals surface area contributed by atoms with Crippen molar-refractivity contribution in [3.8, 4) is 22.8 Å². The van der Waals surface area contributed by atoms with Gasteiger partial charge in [-0.15, -0.1) is 0 Å². The van der Waals surface area contributed by atoms with Gasteiger partial charge in [-0.05, 0) is 72.3 Å². The Kier molecular flexibility index (Phi) is 12.5. The standard InChI is InChI=1S/C45H40N10O11/c46-1-2-47-41(58)23-6-29-17-54-16-28-3-22(5-40(56)57)4-34(48-28)36-12-24(42(59)60)7-30(50-36)19-55(20-32-8-25(43(61)62)13-37(51-32)35(11-23)49-29)21-33-10-27(45(65)66)15-39(53-33)38-14-26(44(63)64)9-31(18-54)52-38/h3-4,6-11,13-15,24H,1-2,5,12,16-21,46H2,(H,47,58)(H,56,57)(H,59,60)(H,61,62)(H,63,64)(H,65,66). The second-order valence-corrected chi connectivity index (χ2v) is 16.0. The number of aromatic carboxylic acids is 3. The third-order valence-electron chi connectivity index (χ3n) is 10.8. The summed E-state index contributed by atoms with van der Waals surface area (Å²) in [5.41, 5.74) is 7.69. The molecule has 0 fully saturated rings. The van der Waals surface area contributed by atoms with Crippen LogP contribution in [-0.2, 0) is 48.7 Å². The lowest BCUT2D eigenvalue weighted by Gasteiger charge is -2.27. The molecule has 5 aromatic heterocycles. The molecule has 0 aromatic carbocycles. The van der Waals surface area contributed by atoms with Gasteiger partial charge in [0.1, 0.15) is 0 Å². The van der Waals surface area contributed by atoms with E-state index < -0.39 is 48.1 Å². The molecule has 21 heteroatoms. The lowest BCUT2D eigenvalue weighted by Crippen LogP contribution is -2.30. The molecule has 66 heavy (non-hydrogen) atoms. The Hall–Kier alpha value is -8.14. The van der Waals surface area contributed by atoms with Gasteiger partial charge in [-0.3, -0.25) is 34.2 Å². The summed E-state index contributed by atoms with van der Waals surface area (Å²) >= 11 is 0. The SMILES string of the molecule is NCCNC(=O)c1cc2nc(c1)-c1cc(C(=O)O)cc(n1)CN1CC3=CC(C(=O)O)CC(=N3)c3cc(CC(=O)O)cc(n3)CN(Cc3cc(C(=O)O)cc(n3)-c3cc(C(=O)O)cc(n3)C1)C2. The van der Waals surface area contributed by atoms with Gasteiger partial charge in [-0.25, -0.2) is 34.3 Å². The number of aliphatic imine (C=N–C) groups is 1. The lowest BCUT2D eigenvalue weighted by molar-refractivity contribution is -0.140. The highest BCUT2D eigenvalue weighted by atomic mass is 16.4. The van der Waals surface area contributed by atoms with Crippen LogP contribution in [0.1, 0.15) is 87.6 Å². The van der Waals surface area contributed by atoms with Gasteiger partial charge in [-0.1, -0.05) is 0 Å². The molecule has 4 aliphatic rings. The van der Waals surface area contributed by atoms with Crippen molar-refractivity contribution in [2.24, 2.45) is 16.6 Å². The van der Waals surface area contributed by atoms with Crippen LogP contribution in [0.25, 0.3) is 22.8 Å². The molecule has 1 amide bonds. The molecule has 9 heterocycles. The number of pyridine rings is 5. The number of carboxylic acid groups (broad SMARTS) is 5. The summed E-state index contributed by atoms with van der Waals surface area (Å²) in [6.45, 7) is -0.519. The van der Waals surface area contributed by atoms with Crippen molar-refractivity contribution in [3.05, 3.63) is 134 Å². The van der Waals surface area contributed by atoms with Crippen LogP contribution in [-0.4, -0.2) is 121 Å². The zero-order chi connectivity index (χ0) is 46.8. The number of aromatic nitrogens is 5. The van der Waals surface area contributed by atoms with Gasteiger partial charge >= 0.3 is 29.8 Å². The fourth-order valence-electron chi connectivity index (χ4n) is 8.02. The molecule has 0 saturated carbocycles. The van der Waals surface area contributed by atoms with E-state index in [2.05, 4.69) is 5.32 Å². The average molecular weight is 897 g/mol. The number of carboxylic acids is 5. The van der Waals surface area contributed by atoms with Crippen LogP contribution in [0.4, 0.5) is 0 Å². The van der Waals surface area contributed by atoms with E-state index in [1.54, 1.807) is 15.9 Å². The molecule has 8 N–H and O–H groups in total. The van der Waals surface area contributed by atoms with E-state index in [1.165, 1.54) is 60.7 Å². The first-order valence-corrected chi connectivity index (χ1v) is 20.5. The molecule has 5 aromatic rings. The van der Waals surface area contributed by atoms with E-state index in [1.807, 2.05) is 0 Å². The molecule has 0 radical (unpaired) electrons. The zero-order valence-electron chi connectivity index (χ0n) is 34.8. The number of nitrogens with one attached hydrogen (secondary N) is 1. The number of aliphatic carboxylic acids is 2. The van der Waals surface area contributed by atoms with E-state index in [0.717, 1.165) is 0 Å². The van der Waals surface area contributed by atoms with Crippen molar-refractivity contribution >= 4 is 41.5 Å². The van der Waals surface area contributed by atoms with E-state index in [0.29, 0.717) is 11.3 Å². The monoisotopic (exact) mass is 896 g/mol. The molecular weight excluding hydrogens is 857 g/mol. The number of nitrogens with two attached hydrogens (primary N) is 1. The number of hydrogen-bond acceptors (Lipinski definition) is 15. The van der Waals surface area contributed by atoms with Crippen molar-refractivity contribution in [1.82, 2.24) is 40.0 Å². The Balaban J connectivity index is 1.45. The van der Waals surface area contributed by atoms with E-state index >= 15 is 0 Å². The van der Waals surface area contributed by atoms with Gasteiger partial charge in [0.15, 0.2) is 0 Å². The van der Waals surface area contributed by atoms with Crippen molar-refractivity contribution < 1.29 is 54.3 Å². The first-order valence-electron chi connectivity index (χ1n) is 20.5. The first-order chi connectivity index (χ1) is 31.5. The third kappa shape index (κ3) is 10.3. The predicted molar refractivity (Wildman–Crippen MR) is 230 cm³/mol. The molecule has 3 unspecified atom stereocenters. The summed E-state index contributed by atoms with van der Waals surface area (Å²) in [6, 6.07) is 13.9. The minimum absolute atomic E-state index is 0.0228. The average Bonchev–Trinajstić information content (AvgIpc) is 3.26. The van der Waals surface area contributed by atoms with Gasteiger partial charge in [0.05, 0.1) is 97.4 Å². The van der Waals surface area contributed by atoms with Crippen molar-refractivity contribution in [2.75, 3.05) is 19.6 Å². The normalized spacial score (nSPS) is 17.6. The van der Waals surface area contributed by atoms with Gasteiger partial charge < -0.3 is 36.6 Å². The molecule has 0 spiro atoms. The fourth-order valence-corrected chi connectivity index (χ4v) is 8.02. The molecule has 0 saturated heterocycles. The number of carbonyl (C=O) groups excluding carboxylic acids is 1. The Labute approximate surface area is 374 Å². The van der Waals surface area contributed by atoms with Crippen LogP contribution in [0, 0.1) is 5.92 Å². The Morgan fingerprint density at radius 1 is 0.561 bits per heavy atom. The lowest BCUT2D eigenvalue weighted by atomic mass is 9.94. The first kappa shape index (κ1) is 44.5. The van der Waals surface area contributed by atoms with Crippen LogP contribution in [0.15, 0.2) is 77.4 Å². The van der Waals surface area contributed by atoms with Crippen LogP contribution >= 0.6 is 0 Å². The van der Waals surface area contributed by atoms with Gasteiger partial charge in [0, 0.05) is 64.3 Å². The molecule has 14 bridgehead atoms. The maximum atomic E-state index is 13.6. The van der Waals surface area contributed by atoms with Crippen LogP contribution in [0.3, 0.4) is 0 Å². The quantitative estimate of drug-likeness (QED) is 0.112. The van der Waals surface area contributed by atoms with Crippen molar-refractivity contribution in [1.29, 1.82) is 0 Å². The Morgan fingerprint density at radius 2 is 0.985 bits per heavy atom. The molecule has 21 nitrogen and oxygen atoms in total. The second-order valence-electron chi connectivity index (χ2n) is 16.0. The minimum Gasteiger partial charge on any atom is -0.481 e. The zero-order valence-corrected chi connectivity index (χ0v) is 34.8. The van der Waals surface area contributed by atoms with Crippen LogP contribution in [0.2, 0.25) is 0 Å². The fraction of sp³-hybridized carbons (Fsp3) is 0.244. The number of amides is 1. The summed E-state index contributed by atoms with van der Waals surface area (Å²) in [7, 11) is 0.